The third-order valence-electron chi connectivity index (χ3n) is 2.55. The second kappa shape index (κ2) is 8.91. The molecule has 0 spiro atoms. The van der Waals surface area contributed by atoms with Crippen molar-refractivity contribution in [3.8, 4) is 0 Å². The molecule has 0 aromatic rings. The van der Waals surface area contributed by atoms with Crippen LogP contribution < -0.4 is 5.73 Å². The lowest BCUT2D eigenvalue weighted by Gasteiger charge is -2.23. The van der Waals surface area contributed by atoms with Gasteiger partial charge in [0.15, 0.2) is 0 Å². The Hall–Kier alpha value is -1.10. The first-order valence-electron chi connectivity index (χ1n) is 6.45. The number of carbonyl (C=O) groups is 2. The van der Waals surface area contributed by atoms with Gasteiger partial charge in [0, 0.05) is 13.0 Å². The molecule has 106 valence electrons. The van der Waals surface area contributed by atoms with Crippen LogP contribution in [0.15, 0.2) is 0 Å². The summed E-state index contributed by atoms with van der Waals surface area (Å²) >= 11 is 0. The Bertz CT molecular complexity index is 266. The Morgan fingerprint density at radius 1 is 1.22 bits per heavy atom. The first-order chi connectivity index (χ1) is 8.36. The molecule has 0 saturated carbocycles. The Labute approximate surface area is 109 Å². The van der Waals surface area contributed by atoms with Crippen LogP contribution in [0.3, 0.4) is 0 Å². The summed E-state index contributed by atoms with van der Waals surface area (Å²) in [7, 11) is 0. The minimum atomic E-state index is -0.597. The fourth-order valence-corrected chi connectivity index (χ4v) is 1.59. The van der Waals surface area contributed by atoms with Crippen LogP contribution in [0, 0.1) is 5.92 Å². The smallest absolute Gasteiger partial charge is 0.309 e. The summed E-state index contributed by atoms with van der Waals surface area (Å²) in [6, 6.07) is -0.333. The Kier molecular flexibility index (Phi) is 8.37. The van der Waals surface area contributed by atoms with Crippen molar-refractivity contribution in [3.05, 3.63) is 0 Å². The quantitative estimate of drug-likeness (QED) is 0.670. The van der Waals surface area contributed by atoms with E-state index in [9.17, 15) is 9.59 Å². The van der Waals surface area contributed by atoms with Crippen LogP contribution in [0.1, 0.15) is 47.0 Å². The van der Waals surface area contributed by atoms with Gasteiger partial charge in [0.2, 0.25) is 0 Å². The first-order valence-corrected chi connectivity index (χ1v) is 6.45. The van der Waals surface area contributed by atoms with Crippen LogP contribution in [0.5, 0.6) is 0 Å². The number of hydrogen-bond acceptors (Lipinski definition) is 5. The highest BCUT2D eigenvalue weighted by molar-refractivity contribution is 5.71. The molecule has 2 atom stereocenters. The Morgan fingerprint density at radius 3 is 2.28 bits per heavy atom. The third-order valence-corrected chi connectivity index (χ3v) is 2.55. The van der Waals surface area contributed by atoms with Gasteiger partial charge in [-0.25, -0.2) is 0 Å². The molecule has 0 aliphatic carbocycles. The van der Waals surface area contributed by atoms with Gasteiger partial charge >= 0.3 is 11.9 Å². The summed E-state index contributed by atoms with van der Waals surface area (Å²) in [4.78, 5) is 22.4. The lowest BCUT2D eigenvalue weighted by atomic mass is 9.98. The predicted octanol–water partition coefficient (Wildman–Crippen LogP) is 1.63. The number of ether oxygens (including phenoxy) is 2. The molecule has 0 saturated heterocycles. The summed E-state index contributed by atoms with van der Waals surface area (Å²) in [5.74, 6) is -0.287. The second-order valence-electron chi connectivity index (χ2n) is 4.79. The van der Waals surface area contributed by atoms with E-state index in [-0.39, 0.29) is 18.4 Å². The molecule has 0 aliphatic rings. The maximum atomic E-state index is 11.4. The minimum Gasteiger partial charge on any atom is -0.466 e. The molecule has 0 aromatic carbocycles. The lowest BCUT2D eigenvalue weighted by Crippen LogP contribution is -2.40. The SMILES string of the molecule is CCOC(=O)C[C@H](OC(C)=O)[C@H](N)CCC(C)C. The summed E-state index contributed by atoms with van der Waals surface area (Å²) in [6.07, 6.45) is 1.07. The maximum absolute atomic E-state index is 11.4. The molecule has 0 fully saturated rings. The molecule has 5 nitrogen and oxygen atoms in total. The second-order valence-corrected chi connectivity index (χ2v) is 4.79. The van der Waals surface area contributed by atoms with Gasteiger partial charge in [-0.15, -0.1) is 0 Å². The van der Waals surface area contributed by atoms with Gasteiger partial charge in [-0.05, 0) is 25.7 Å². The Balaban J connectivity index is 4.36. The summed E-state index contributed by atoms with van der Waals surface area (Å²) in [5, 5.41) is 0. The number of hydrogen-bond donors (Lipinski definition) is 1. The van der Waals surface area contributed by atoms with E-state index in [4.69, 9.17) is 15.2 Å². The number of esters is 2. The van der Waals surface area contributed by atoms with E-state index in [1.807, 2.05) is 0 Å². The van der Waals surface area contributed by atoms with Crippen LogP contribution in [-0.4, -0.2) is 30.7 Å². The number of carbonyl (C=O) groups excluding carboxylic acids is 2. The molecule has 5 heteroatoms. The van der Waals surface area contributed by atoms with Crippen molar-refractivity contribution >= 4 is 11.9 Å². The highest BCUT2D eigenvalue weighted by atomic mass is 16.6. The third kappa shape index (κ3) is 8.06. The zero-order chi connectivity index (χ0) is 14.1. The molecular weight excluding hydrogens is 234 g/mol. The van der Waals surface area contributed by atoms with Crippen LogP contribution in [0.4, 0.5) is 0 Å². The van der Waals surface area contributed by atoms with Gasteiger partial charge in [0.1, 0.15) is 6.10 Å². The monoisotopic (exact) mass is 259 g/mol. The van der Waals surface area contributed by atoms with E-state index in [1.165, 1.54) is 6.92 Å². The average molecular weight is 259 g/mol. The van der Waals surface area contributed by atoms with E-state index in [0.29, 0.717) is 12.5 Å². The topological polar surface area (TPSA) is 78.6 Å². The molecule has 0 radical (unpaired) electrons. The zero-order valence-corrected chi connectivity index (χ0v) is 11.8. The van der Waals surface area contributed by atoms with Gasteiger partial charge < -0.3 is 15.2 Å². The van der Waals surface area contributed by atoms with Gasteiger partial charge in [-0.2, -0.15) is 0 Å². The van der Waals surface area contributed by atoms with Gasteiger partial charge in [0.25, 0.3) is 0 Å². The summed E-state index contributed by atoms with van der Waals surface area (Å²) in [5.41, 5.74) is 5.97. The van der Waals surface area contributed by atoms with E-state index in [0.717, 1.165) is 12.8 Å². The van der Waals surface area contributed by atoms with Crippen molar-refractivity contribution in [1.82, 2.24) is 0 Å². The fourth-order valence-electron chi connectivity index (χ4n) is 1.59. The molecule has 0 heterocycles. The lowest BCUT2D eigenvalue weighted by molar-refractivity contribution is -0.154. The van der Waals surface area contributed by atoms with E-state index < -0.39 is 12.1 Å². The average Bonchev–Trinajstić information content (AvgIpc) is 2.24. The molecule has 0 rings (SSSR count). The highest BCUT2D eigenvalue weighted by Crippen LogP contribution is 2.13. The van der Waals surface area contributed by atoms with Crippen molar-refractivity contribution in [1.29, 1.82) is 0 Å². The highest BCUT2D eigenvalue weighted by Gasteiger charge is 2.24. The van der Waals surface area contributed by atoms with Crippen LogP contribution in [0.2, 0.25) is 0 Å². The van der Waals surface area contributed by atoms with Crippen LogP contribution >= 0.6 is 0 Å². The molecule has 0 amide bonds. The van der Waals surface area contributed by atoms with Crippen molar-refractivity contribution in [3.63, 3.8) is 0 Å². The molecule has 2 N–H and O–H groups in total. The molecule has 0 unspecified atom stereocenters. The number of nitrogens with two attached hydrogens (primary N) is 1. The van der Waals surface area contributed by atoms with Crippen molar-refractivity contribution in [2.24, 2.45) is 11.7 Å². The van der Waals surface area contributed by atoms with Crippen molar-refractivity contribution in [2.45, 2.75) is 59.1 Å². The molecular formula is C13H25NO4. The van der Waals surface area contributed by atoms with Crippen molar-refractivity contribution in [2.75, 3.05) is 6.61 Å². The van der Waals surface area contributed by atoms with E-state index in [2.05, 4.69) is 13.8 Å². The van der Waals surface area contributed by atoms with E-state index in [1.54, 1.807) is 6.92 Å². The van der Waals surface area contributed by atoms with Crippen LogP contribution in [-0.2, 0) is 19.1 Å². The van der Waals surface area contributed by atoms with E-state index >= 15 is 0 Å². The minimum absolute atomic E-state index is 0.0205. The van der Waals surface area contributed by atoms with Crippen molar-refractivity contribution < 1.29 is 19.1 Å². The normalized spacial score (nSPS) is 14.1. The molecule has 18 heavy (non-hydrogen) atoms. The van der Waals surface area contributed by atoms with Gasteiger partial charge in [0.05, 0.1) is 13.0 Å². The summed E-state index contributed by atoms with van der Waals surface area (Å²) in [6.45, 7) is 7.55. The predicted molar refractivity (Wildman–Crippen MR) is 68.9 cm³/mol. The van der Waals surface area contributed by atoms with Crippen LogP contribution in [0.25, 0.3) is 0 Å². The Morgan fingerprint density at radius 2 is 1.83 bits per heavy atom. The molecule has 0 aliphatic heterocycles. The first kappa shape index (κ1) is 16.9. The van der Waals surface area contributed by atoms with Gasteiger partial charge in [-0.1, -0.05) is 13.8 Å². The standard InChI is InChI=1S/C13H25NO4/c1-5-17-13(16)8-12(18-10(4)15)11(14)7-6-9(2)3/h9,11-12H,5-8,14H2,1-4H3/t11-,12+/m1/s1. The fraction of sp³-hybridized carbons (Fsp3) is 0.846. The molecule has 0 bridgehead atoms. The maximum Gasteiger partial charge on any atom is 0.309 e. The number of rotatable bonds is 8. The molecule has 0 aromatic heterocycles. The zero-order valence-electron chi connectivity index (χ0n) is 11.8. The van der Waals surface area contributed by atoms with Gasteiger partial charge in [-0.3, -0.25) is 9.59 Å². The summed E-state index contributed by atoms with van der Waals surface area (Å²) < 4.78 is 9.94. The largest absolute Gasteiger partial charge is 0.466 e.